The second-order valence-electron chi connectivity index (χ2n) is 5.65. The molecule has 0 unspecified atom stereocenters. The van der Waals surface area contributed by atoms with E-state index >= 15 is 0 Å². The number of aromatic nitrogens is 2. The quantitative estimate of drug-likeness (QED) is 0.799. The molecule has 1 saturated heterocycles. The van der Waals surface area contributed by atoms with Gasteiger partial charge in [-0.25, -0.2) is 0 Å². The Morgan fingerprint density at radius 1 is 1.20 bits per heavy atom. The molecule has 6 nitrogen and oxygen atoms in total. The molecule has 0 amide bonds. The van der Waals surface area contributed by atoms with Gasteiger partial charge in [0.15, 0.2) is 0 Å². The van der Waals surface area contributed by atoms with Crippen LogP contribution < -0.4 is 11.1 Å². The number of aryl methyl sites for hydroxylation is 2. The summed E-state index contributed by atoms with van der Waals surface area (Å²) in [4.78, 5) is 4.87. The highest BCUT2D eigenvalue weighted by atomic mass is 15.3. The van der Waals surface area contributed by atoms with Crippen molar-refractivity contribution in [2.75, 3.05) is 57.4 Å². The lowest BCUT2D eigenvalue weighted by atomic mass is 10.2. The Bertz CT molecular complexity index is 420. The van der Waals surface area contributed by atoms with E-state index in [-0.39, 0.29) is 0 Å². The predicted octanol–water partition coefficient (Wildman–Crippen LogP) is 0.614. The number of hydrogen-bond acceptors (Lipinski definition) is 5. The van der Waals surface area contributed by atoms with Gasteiger partial charge in [0.2, 0.25) is 0 Å². The molecule has 2 heterocycles. The van der Waals surface area contributed by atoms with Crippen LogP contribution in [0.5, 0.6) is 0 Å². The van der Waals surface area contributed by atoms with Crippen LogP contribution in [-0.4, -0.2) is 65.9 Å². The number of piperazine rings is 1. The van der Waals surface area contributed by atoms with Crippen molar-refractivity contribution in [2.45, 2.75) is 19.8 Å². The number of nitrogens with one attached hydrogen (secondary N) is 1. The van der Waals surface area contributed by atoms with Crippen molar-refractivity contribution in [2.24, 2.45) is 7.05 Å². The SMILES string of the molecule is CCCc1nn(C)c(NCCN2CCN(C)CC2)c1N. The van der Waals surface area contributed by atoms with Crippen LogP contribution >= 0.6 is 0 Å². The minimum absolute atomic E-state index is 0.813. The summed E-state index contributed by atoms with van der Waals surface area (Å²) >= 11 is 0. The van der Waals surface area contributed by atoms with E-state index in [0.29, 0.717) is 0 Å². The Hall–Kier alpha value is -1.27. The lowest BCUT2D eigenvalue weighted by Crippen LogP contribution is -2.45. The van der Waals surface area contributed by atoms with Gasteiger partial charge in [-0.2, -0.15) is 5.10 Å². The van der Waals surface area contributed by atoms with Crippen molar-refractivity contribution in [3.05, 3.63) is 5.69 Å². The van der Waals surface area contributed by atoms with E-state index in [0.717, 1.165) is 69.3 Å². The maximum absolute atomic E-state index is 6.16. The van der Waals surface area contributed by atoms with E-state index < -0.39 is 0 Å². The predicted molar refractivity (Wildman–Crippen MR) is 84.0 cm³/mol. The normalized spacial score (nSPS) is 17.6. The molecule has 0 atom stereocenters. The monoisotopic (exact) mass is 280 g/mol. The van der Waals surface area contributed by atoms with Gasteiger partial charge < -0.3 is 16.0 Å². The van der Waals surface area contributed by atoms with Gasteiger partial charge in [-0.1, -0.05) is 13.3 Å². The molecule has 0 spiro atoms. The van der Waals surface area contributed by atoms with Gasteiger partial charge in [0, 0.05) is 46.3 Å². The highest BCUT2D eigenvalue weighted by molar-refractivity contribution is 5.65. The number of nitrogen functional groups attached to an aromatic ring is 1. The maximum Gasteiger partial charge on any atom is 0.147 e. The van der Waals surface area contributed by atoms with Gasteiger partial charge in [-0.3, -0.25) is 9.58 Å². The van der Waals surface area contributed by atoms with Gasteiger partial charge >= 0.3 is 0 Å². The molecule has 0 aromatic carbocycles. The average molecular weight is 280 g/mol. The third-order valence-corrected chi connectivity index (χ3v) is 3.96. The molecule has 0 bridgehead atoms. The molecule has 3 N–H and O–H groups in total. The zero-order valence-electron chi connectivity index (χ0n) is 13.0. The summed E-state index contributed by atoms with van der Waals surface area (Å²) in [6.07, 6.45) is 2.02. The first kappa shape index (κ1) is 15.1. The number of nitrogens with two attached hydrogens (primary N) is 1. The number of hydrogen-bond donors (Lipinski definition) is 2. The minimum Gasteiger partial charge on any atom is -0.394 e. The van der Waals surface area contributed by atoms with E-state index in [4.69, 9.17) is 5.73 Å². The molecule has 20 heavy (non-hydrogen) atoms. The molecule has 2 rings (SSSR count). The van der Waals surface area contributed by atoms with Crippen LogP contribution in [0, 0.1) is 0 Å². The van der Waals surface area contributed by atoms with Crippen LogP contribution in [0.3, 0.4) is 0 Å². The zero-order chi connectivity index (χ0) is 14.5. The van der Waals surface area contributed by atoms with Gasteiger partial charge in [-0.15, -0.1) is 0 Å². The molecule has 1 fully saturated rings. The average Bonchev–Trinajstić information content (AvgIpc) is 2.69. The molecule has 0 radical (unpaired) electrons. The fourth-order valence-electron chi connectivity index (χ4n) is 2.63. The lowest BCUT2D eigenvalue weighted by molar-refractivity contribution is 0.158. The van der Waals surface area contributed by atoms with Gasteiger partial charge in [0.05, 0.1) is 11.4 Å². The largest absolute Gasteiger partial charge is 0.394 e. The molecule has 1 aliphatic rings. The Balaban J connectivity index is 1.82. The number of anilines is 2. The maximum atomic E-state index is 6.16. The molecule has 0 aliphatic carbocycles. The Labute approximate surface area is 121 Å². The van der Waals surface area contributed by atoms with E-state index in [1.54, 1.807) is 0 Å². The van der Waals surface area contributed by atoms with E-state index in [1.807, 2.05) is 11.7 Å². The number of likely N-dealkylation sites (N-methyl/N-ethyl adjacent to an activating group) is 1. The van der Waals surface area contributed by atoms with Crippen molar-refractivity contribution in [1.29, 1.82) is 0 Å². The van der Waals surface area contributed by atoms with Crippen molar-refractivity contribution in [3.63, 3.8) is 0 Å². The van der Waals surface area contributed by atoms with Crippen LogP contribution in [0.1, 0.15) is 19.0 Å². The second kappa shape index (κ2) is 6.95. The fraction of sp³-hybridized carbons (Fsp3) is 0.786. The van der Waals surface area contributed by atoms with Crippen LogP contribution in [-0.2, 0) is 13.5 Å². The van der Waals surface area contributed by atoms with Crippen LogP contribution in [0.15, 0.2) is 0 Å². The number of nitrogens with zero attached hydrogens (tertiary/aromatic N) is 4. The Kier molecular flexibility index (Phi) is 5.25. The summed E-state index contributed by atoms with van der Waals surface area (Å²) < 4.78 is 1.87. The van der Waals surface area contributed by atoms with Gasteiger partial charge in [0.25, 0.3) is 0 Å². The third-order valence-electron chi connectivity index (χ3n) is 3.96. The summed E-state index contributed by atoms with van der Waals surface area (Å²) in [7, 11) is 4.13. The highest BCUT2D eigenvalue weighted by Gasteiger charge is 2.15. The van der Waals surface area contributed by atoms with Crippen LogP contribution in [0.25, 0.3) is 0 Å². The zero-order valence-corrected chi connectivity index (χ0v) is 13.0. The van der Waals surface area contributed by atoms with Crippen molar-refractivity contribution < 1.29 is 0 Å². The first-order chi connectivity index (χ1) is 9.61. The van der Waals surface area contributed by atoms with E-state index in [2.05, 4.69) is 34.2 Å². The van der Waals surface area contributed by atoms with E-state index in [1.165, 1.54) is 0 Å². The molecule has 114 valence electrons. The smallest absolute Gasteiger partial charge is 0.147 e. The summed E-state index contributed by atoms with van der Waals surface area (Å²) in [6.45, 7) is 8.75. The molecule has 1 aliphatic heterocycles. The highest BCUT2D eigenvalue weighted by Crippen LogP contribution is 2.22. The molecule has 1 aromatic rings. The van der Waals surface area contributed by atoms with Gasteiger partial charge in [-0.05, 0) is 13.5 Å². The summed E-state index contributed by atoms with van der Waals surface area (Å²) in [5, 5.41) is 7.92. The molecule has 6 heteroatoms. The molecular weight excluding hydrogens is 252 g/mol. The minimum atomic E-state index is 0.813. The van der Waals surface area contributed by atoms with Crippen molar-refractivity contribution in [3.8, 4) is 0 Å². The topological polar surface area (TPSA) is 62.4 Å². The van der Waals surface area contributed by atoms with Crippen LogP contribution in [0.4, 0.5) is 11.5 Å². The first-order valence-corrected chi connectivity index (χ1v) is 7.58. The Morgan fingerprint density at radius 3 is 2.55 bits per heavy atom. The molecular formula is C14H28N6. The van der Waals surface area contributed by atoms with Crippen LogP contribution in [0.2, 0.25) is 0 Å². The summed E-state index contributed by atoms with van der Waals surface area (Å²) in [5.41, 5.74) is 7.99. The Morgan fingerprint density at radius 2 is 1.90 bits per heavy atom. The fourth-order valence-corrected chi connectivity index (χ4v) is 2.63. The summed E-state index contributed by atoms with van der Waals surface area (Å²) in [5.74, 6) is 0.961. The second-order valence-corrected chi connectivity index (χ2v) is 5.65. The lowest BCUT2D eigenvalue weighted by Gasteiger charge is -2.32. The van der Waals surface area contributed by atoms with Crippen molar-refractivity contribution in [1.82, 2.24) is 19.6 Å². The van der Waals surface area contributed by atoms with Gasteiger partial charge in [0.1, 0.15) is 5.82 Å². The standard InChI is InChI=1S/C14H28N6/c1-4-5-12-13(15)14(19(3)17-12)16-6-7-20-10-8-18(2)9-11-20/h16H,4-11,15H2,1-3H3. The summed E-state index contributed by atoms with van der Waals surface area (Å²) in [6, 6.07) is 0. The molecule has 1 aromatic heterocycles. The van der Waals surface area contributed by atoms with E-state index in [9.17, 15) is 0 Å². The third kappa shape index (κ3) is 3.64. The number of rotatable bonds is 6. The van der Waals surface area contributed by atoms with Crippen molar-refractivity contribution >= 4 is 11.5 Å². The molecule has 0 saturated carbocycles. The first-order valence-electron chi connectivity index (χ1n) is 7.58.